The fourth-order valence-electron chi connectivity index (χ4n) is 2.81. The van der Waals surface area contributed by atoms with Crippen molar-refractivity contribution in [3.05, 3.63) is 18.2 Å². The maximum absolute atomic E-state index is 12.6. The zero-order valence-electron chi connectivity index (χ0n) is 12.9. The normalized spacial score (nSPS) is 17.8. The van der Waals surface area contributed by atoms with Crippen LogP contribution in [0.1, 0.15) is 19.3 Å². The number of likely N-dealkylation sites (tertiary alicyclic amines) is 1. The van der Waals surface area contributed by atoms with E-state index in [0.29, 0.717) is 5.52 Å². The number of carboxylic acids is 1. The number of hydrogen-bond acceptors (Lipinski definition) is 7. The summed E-state index contributed by atoms with van der Waals surface area (Å²) in [5.74, 6) is -1.19. The molecule has 1 aromatic carbocycles. The van der Waals surface area contributed by atoms with E-state index in [4.69, 9.17) is 0 Å². The summed E-state index contributed by atoms with van der Waals surface area (Å²) in [5.41, 5.74) is 0.739. The molecule has 1 aliphatic heterocycles. The number of benzene rings is 1. The van der Waals surface area contributed by atoms with Crippen LogP contribution in [0.15, 0.2) is 23.1 Å². The van der Waals surface area contributed by atoms with Crippen LogP contribution in [-0.4, -0.2) is 58.8 Å². The molecule has 0 saturated carbocycles. The summed E-state index contributed by atoms with van der Waals surface area (Å²) in [6.45, 7) is 1.73. The van der Waals surface area contributed by atoms with E-state index in [2.05, 4.69) is 13.5 Å². The number of aliphatic carboxylic acids is 1. The molecular formula is C14H18N4O4S2. The molecule has 0 spiro atoms. The third-order valence-electron chi connectivity index (χ3n) is 4.02. The van der Waals surface area contributed by atoms with Gasteiger partial charge in [-0.15, -0.1) is 0 Å². The maximum Gasteiger partial charge on any atom is 0.323 e. The van der Waals surface area contributed by atoms with Gasteiger partial charge in [-0.05, 0) is 38.1 Å². The number of aromatic nitrogens is 2. The van der Waals surface area contributed by atoms with E-state index < -0.39 is 22.0 Å². The quantitative estimate of drug-likeness (QED) is 0.777. The summed E-state index contributed by atoms with van der Waals surface area (Å²) in [4.78, 5) is 13.5. The predicted octanol–water partition coefficient (Wildman–Crippen LogP) is 0.909. The standard InChI is InChI=1S/C14H18N4O4S2/c19-14(20)11(9-18-7-2-1-3-8-18)17-24(21,22)12-6-4-5-10-13(12)16-23-15-10/h4-6,11,17H,1-3,7-9H2,(H,19,20). The van der Waals surface area contributed by atoms with Crippen molar-refractivity contribution in [2.24, 2.45) is 0 Å². The first-order valence-electron chi connectivity index (χ1n) is 7.66. The van der Waals surface area contributed by atoms with Gasteiger partial charge < -0.3 is 10.0 Å². The smallest absolute Gasteiger partial charge is 0.323 e. The molecule has 2 heterocycles. The molecule has 3 rings (SSSR count). The highest BCUT2D eigenvalue weighted by Crippen LogP contribution is 2.21. The third kappa shape index (κ3) is 3.72. The van der Waals surface area contributed by atoms with Crippen LogP contribution in [0.3, 0.4) is 0 Å². The number of piperidine rings is 1. The zero-order valence-corrected chi connectivity index (χ0v) is 14.5. The Morgan fingerprint density at radius 2 is 2.04 bits per heavy atom. The Labute approximate surface area is 143 Å². The first-order valence-corrected chi connectivity index (χ1v) is 9.87. The number of nitrogens with zero attached hydrogens (tertiary/aromatic N) is 3. The second-order valence-electron chi connectivity index (χ2n) is 5.76. The van der Waals surface area contributed by atoms with Gasteiger partial charge >= 0.3 is 5.97 Å². The molecule has 1 aliphatic rings. The molecule has 0 amide bonds. The van der Waals surface area contributed by atoms with Gasteiger partial charge in [-0.1, -0.05) is 12.5 Å². The van der Waals surface area contributed by atoms with Gasteiger partial charge in [0.15, 0.2) is 0 Å². The van der Waals surface area contributed by atoms with Gasteiger partial charge in [0.05, 0.1) is 11.7 Å². The summed E-state index contributed by atoms with van der Waals surface area (Å²) in [5, 5.41) is 9.41. The summed E-state index contributed by atoms with van der Waals surface area (Å²) in [6.07, 6.45) is 3.13. The summed E-state index contributed by atoms with van der Waals surface area (Å²) in [6, 6.07) is 3.44. The molecule has 0 bridgehead atoms. The van der Waals surface area contributed by atoms with Crippen LogP contribution >= 0.6 is 11.7 Å². The zero-order chi connectivity index (χ0) is 17.2. The van der Waals surface area contributed by atoms with E-state index in [1.54, 1.807) is 12.1 Å². The molecule has 8 nitrogen and oxygen atoms in total. The molecule has 2 N–H and O–H groups in total. The van der Waals surface area contributed by atoms with Crippen molar-refractivity contribution in [3.8, 4) is 0 Å². The number of sulfonamides is 1. The minimum atomic E-state index is -4.01. The molecule has 1 saturated heterocycles. The van der Waals surface area contributed by atoms with Crippen molar-refractivity contribution in [2.45, 2.75) is 30.2 Å². The van der Waals surface area contributed by atoms with E-state index in [9.17, 15) is 18.3 Å². The number of rotatable bonds is 6. The lowest BCUT2D eigenvalue weighted by Gasteiger charge is -2.29. The molecule has 0 radical (unpaired) electrons. The second-order valence-corrected chi connectivity index (χ2v) is 7.97. The van der Waals surface area contributed by atoms with Crippen molar-refractivity contribution < 1.29 is 18.3 Å². The molecule has 1 aromatic heterocycles. The summed E-state index contributed by atoms with van der Waals surface area (Å²) in [7, 11) is -4.01. The van der Waals surface area contributed by atoms with Crippen LogP contribution in [0.2, 0.25) is 0 Å². The van der Waals surface area contributed by atoms with Crippen LogP contribution in [0.5, 0.6) is 0 Å². The van der Waals surface area contributed by atoms with Gasteiger partial charge in [-0.2, -0.15) is 13.5 Å². The maximum atomic E-state index is 12.6. The highest BCUT2D eigenvalue weighted by atomic mass is 32.2. The molecule has 1 unspecified atom stereocenters. The van der Waals surface area contributed by atoms with Crippen LogP contribution in [0.25, 0.3) is 11.0 Å². The number of fused-ring (bicyclic) bond motifs is 1. The van der Waals surface area contributed by atoms with E-state index in [0.717, 1.165) is 44.1 Å². The minimum Gasteiger partial charge on any atom is -0.480 e. The van der Waals surface area contributed by atoms with Crippen LogP contribution in [0, 0.1) is 0 Å². The van der Waals surface area contributed by atoms with Crippen LogP contribution in [0.4, 0.5) is 0 Å². The highest BCUT2D eigenvalue weighted by Gasteiger charge is 2.29. The van der Waals surface area contributed by atoms with Gasteiger partial charge in [0.1, 0.15) is 22.0 Å². The third-order valence-corrected chi connectivity index (χ3v) is 6.07. The van der Waals surface area contributed by atoms with Crippen molar-refractivity contribution in [2.75, 3.05) is 19.6 Å². The largest absolute Gasteiger partial charge is 0.480 e. The topological polar surface area (TPSA) is 112 Å². The Bertz CT molecular complexity index is 830. The minimum absolute atomic E-state index is 0.0429. The monoisotopic (exact) mass is 370 g/mol. The lowest BCUT2D eigenvalue weighted by molar-refractivity contribution is -0.139. The van der Waals surface area contributed by atoms with Crippen LogP contribution < -0.4 is 4.72 Å². The van der Waals surface area contributed by atoms with Crippen molar-refractivity contribution in [3.63, 3.8) is 0 Å². The first-order chi connectivity index (χ1) is 11.5. The number of carboxylic acid groups (broad SMARTS) is 1. The molecule has 10 heteroatoms. The lowest BCUT2D eigenvalue weighted by Crippen LogP contribution is -2.49. The fourth-order valence-corrected chi connectivity index (χ4v) is 4.76. The average Bonchev–Trinajstić information content (AvgIpc) is 3.03. The molecule has 130 valence electrons. The molecule has 2 aromatic rings. The van der Waals surface area contributed by atoms with Gasteiger partial charge in [-0.3, -0.25) is 4.79 Å². The SMILES string of the molecule is O=C(O)C(CN1CCCCC1)NS(=O)(=O)c1cccc2nsnc12. The summed E-state index contributed by atoms with van der Waals surface area (Å²) < 4.78 is 35.6. The average molecular weight is 370 g/mol. The van der Waals surface area contributed by atoms with Crippen molar-refractivity contribution in [1.82, 2.24) is 18.4 Å². The Kier molecular flexibility index (Phi) is 5.09. The molecule has 0 aliphatic carbocycles. The number of hydrogen-bond donors (Lipinski definition) is 2. The van der Waals surface area contributed by atoms with E-state index in [1.165, 1.54) is 6.07 Å². The molecule has 1 atom stereocenters. The summed E-state index contributed by atoms with van der Waals surface area (Å²) >= 11 is 0.920. The predicted molar refractivity (Wildman–Crippen MR) is 89.5 cm³/mol. The lowest BCUT2D eigenvalue weighted by atomic mass is 10.1. The van der Waals surface area contributed by atoms with E-state index in [-0.39, 0.29) is 17.0 Å². The van der Waals surface area contributed by atoms with Gasteiger partial charge in [0.2, 0.25) is 10.0 Å². The Hall–Kier alpha value is -1.62. The Balaban J connectivity index is 1.82. The van der Waals surface area contributed by atoms with Gasteiger partial charge in [0, 0.05) is 6.54 Å². The molecule has 24 heavy (non-hydrogen) atoms. The number of nitrogens with one attached hydrogen (secondary N) is 1. The molecule has 1 fully saturated rings. The van der Waals surface area contributed by atoms with Crippen molar-refractivity contribution >= 4 is 38.8 Å². The number of carbonyl (C=O) groups is 1. The van der Waals surface area contributed by atoms with Gasteiger partial charge in [0.25, 0.3) is 0 Å². The van der Waals surface area contributed by atoms with Crippen LogP contribution in [-0.2, 0) is 14.8 Å². The second kappa shape index (κ2) is 7.09. The molecular weight excluding hydrogens is 352 g/mol. The van der Waals surface area contributed by atoms with Gasteiger partial charge in [-0.25, -0.2) is 8.42 Å². The first kappa shape index (κ1) is 17.2. The van der Waals surface area contributed by atoms with E-state index >= 15 is 0 Å². The fraction of sp³-hybridized carbons (Fsp3) is 0.500. The van der Waals surface area contributed by atoms with E-state index in [1.807, 2.05) is 4.90 Å². The Morgan fingerprint density at radius 3 is 2.75 bits per heavy atom. The highest BCUT2D eigenvalue weighted by molar-refractivity contribution is 7.89. The van der Waals surface area contributed by atoms with Crippen molar-refractivity contribution in [1.29, 1.82) is 0 Å². The Morgan fingerprint density at radius 1 is 1.29 bits per heavy atom.